The second-order valence-electron chi connectivity index (χ2n) is 11.3. The minimum absolute atomic E-state index is 0.0957. The molecule has 7 rings (SSSR count). The summed E-state index contributed by atoms with van der Waals surface area (Å²) in [7, 11) is -2.32. The molecule has 2 atom stereocenters. The van der Waals surface area contributed by atoms with E-state index in [2.05, 4.69) is 20.4 Å². The number of halogens is 2. The van der Waals surface area contributed by atoms with E-state index in [-0.39, 0.29) is 34.8 Å². The Morgan fingerprint density at radius 3 is 2.62 bits per heavy atom. The van der Waals surface area contributed by atoms with Crippen LogP contribution < -0.4 is 0 Å². The zero-order valence-corrected chi connectivity index (χ0v) is 24.3. The van der Waals surface area contributed by atoms with Crippen molar-refractivity contribution in [2.24, 2.45) is 12.5 Å². The van der Waals surface area contributed by atoms with Gasteiger partial charge in [0.15, 0.2) is 5.78 Å². The molecule has 0 aliphatic heterocycles. The Hall–Kier alpha value is -3.74. The van der Waals surface area contributed by atoms with Crippen molar-refractivity contribution >= 4 is 33.5 Å². The lowest BCUT2D eigenvalue weighted by Crippen LogP contribution is -2.51. The van der Waals surface area contributed by atoms with Gasteiger partial charge in [0.05, 0.1) is 29.2 Å². The molecule has 2 saturated carbocycles. The highest BCUT2D eigenvalue weighted by Crippen LogP contribution is 2.52. The van der Waals surface area contributed by atoms with Crippen LogP contribution in [0, 0.1) is 11.2 Å². The number of pyridine rings is 1. The minimum Gasteiger partial charge on any atom is -0.291 e. The predicted octanol–water partition coefficient (Wildman–Crippen LogP) is 4.40. The number of aryl methyl sites for hydroxylation is 1. The largest absolute Gasteiger partial charge is 0.291 e. The molecule has 3 heterocycles. The lowest BCUT2D eigenvalue weighted by atomic mass is 9.60. The molecule has 3 aliphatic carbocycles. The van der Waals surface area contributed by atoms with Crippen LogP contribution in [0.1, 0.15) is 53.8 Å². The SMILES string of the molecule is Cn1cc(S(=O)(=O)N(C2CC2)[C@H]2CCC3=Cc4c(cnn4-c4ccc(F)cc4)C[C@]3(C(=O)c3cc(Cl)ccn3)C2)nn1. The molecule has 4 aromatic rings. The van der Waals surface area contributed by atoms with Crippen LogP contribution in [0.2, 0.25) is 5.02 Å². The number of hydrogen-bond donors (Lipinski definition) is 0. The van der Waals surface area contributed by atoms with E-state index in [1.165, 1.54) is 29.2 Å². The van der Waals surface area contributed by atoms with Gasteiger partial charge in [-0.15, -0.1) is 5.10 Å². The first-order chi connectivity index (χ1) is 20.2. The number of rotatable bonds is 7. The van der Waals surface area contributed by atoms with Gasteiger partial charge in [-0.25, -0.2) is 17.5 Å². The molecule has 42 heavy (non-hydrogen) atoms. The highest BCUT2D eigenvalue weighted by Gasteiger charge is 2.54. The number of aromatic nitrogens is 6. The summed E-state index contributed by atoms with van der Waals surface area (Å²) in [5, 5.41) is 12.7. The van der Waals surface area contributed by atoms with Gasteiger partial charge in [0.2, 0.25) is 5.03 Å². The third-order valence-corrected chi connectivity index (χ3v) is 10.6. The Kier molecular flexibility index (Phi) is 6.41. The predicted molar refractivity (Wildman–Crippen MR) is 152 cm³/mol. The number of nitrogens with zero attached hydrogens (tertiary/aromatic N) is 7. The van der Waals surface area contributed by atoms with Crippen LogP contribution in [-0.4, -0.2) is 60.3 Å². The van der Waals surface area contributed by atoms with Crippen LogP contribution in [0.5, 0.6) is 0 Å². The molecule has 1 aromatic carbocycles. The Balaban J connectivity index is 1.32. The Morgan fingerprint density at radius 1 is 1.14 bits per heavy atom. The number of ketones is 1. The molecule has 0 spiro atoms. The smallest absolute Gasteiger partial charge is 0.264 e. The molecule has 0 N–H and O–H groups in total. The van der Waals surface area contributed by atoms with E-state index in [1.807, 2.05) is 6.08 Å². The Labute approximate surface area is 246 Å². The molecule has 0 bridgehead atoms. The van der Waals surface area contributed by atoms with Gasteiger partial charge in [0.25, 0.3) is 10.0 Å². The first-order valence-electron chi connectivity index (χ1n) is 13.8. The molecule has 0 unspecified atom stereocenters. The fraction of sp³-hybridized carbons (Fsp3) is 0.345. The maximum Gasteiger partial charge on any atom is 0.264 e. The van der Waals surface area contributed by atoms with E-state index in [0.29, 0.717) is 30.0 Å². The van der Waals surface area contributed by atoms with E-state index >= 15 is 0 Å². The van der Waals surface area contributed by atoms with Gasteiger partial charge in [-0.3, -0.25) is 14.5 Å². The summed E-state index contributed by atoms with van der Waals surface area (Å²) in [5.41, 5.74) is 2.45. The zero-order chi connectivity index (χ0) is 29.2. The van der Waals surface area contributed by atoms with E-state index in [4.69, 9.17) is 11.6 Å². The summed E-state index contributed by atoms with van der Waals surface area (Å²) in [6.45, 7) is 0. The topological polar surface area (TPSA) is 116 Å². The van der Waals surface area contributed by atoms with E-state index < -0.39 is 21.5 Å². The highest BCUT2D eigenvalue weighted by molar-refractivity contribution is 7.89. The van der Waals surface area contributed by atoms with Crippen molar-refractivity contribution in [3.63, 3.8) is 0 Å². The number of fused-ring (bicyclic) bond motifs is 2. The van der Waals surface area contributed by atoms with E-state index in [1.54, 1.807) is 46.5 Å². The minimum atomic E-state index is -3.95. The number of sulfonamides is 1. The number of allylic oxidation sites excluding steroid dienone is 1. The van der Waals surface area contributed by atoms with Crippen LogP contribution in [0.3, 0.4) is 0 Å². The van der Waals surface area contributed by atoms with Crippen molar-refractivity contribution in [1.29, 1.82) is 0 Å². The average molecular weight is 608 g/mol. The second kappa shape index (κ2) is 9.92. The summed E-state index contributed by atoms with van der Waals surface area (Å²) in [5.74, 6) is -0.541. The first-order valence-corrected chi connectivity index (χ1v) is 15.6. The lowest BCUT2D eigenvalue weighted by molar-refractivity contribution is 0.0733. The molecule has 10 nitrogen and oxygen atoms in total. The molecule has 13 heteroatoms. The molecule has 2 fully saturated rings. The quantitative estimate of drug-likeness (QED) is 0.286. The maximum absolute atomic E-state index is 14.5. The standard InChI is InChI=1S/C29H27ClFN7O3S/c1-36-17-27(34-35-36)42(40,41)38(23-8-9-23)24-5-2-19-12-26-18(16-33-37(26)22-6-3-21(31)4-7-22)14-29(19,15-24)28(39)25-13-20(30)10-11-32-25/h3-4,6-7,10-13,16-17,23-24H,2,5,8-9,14-15H2,1H3/t24-,29-/m0/s1. The van der Waals surface area contributed by atoms with Crippen LogP contribution >= 0.6 is 11.6 Å². The van der Waals surface area contributed by atoms with Crippen molar-refractivity contribution in [3.05, 3.63) is 88.4 Å². The second-order valence-corrected chi connectivity index (χ2v) is 13.5. The molecular formula is C29H27ClFN7O3S. The summed E-state index contributed by atoms with van der Waals surface area (Å²) < 4.78 is 46.1. The summed E-state index contributed by atoms with van der Waals surface area (Å²) in [4.78, 5) is 18.8. The molecule has 3 aliphatic rings. The van der Waals surface area contributed by atoms with Gasteiger partial charge in [-0.1, -0.05) is 22.4 Å². The van der Waals surface area contributed by atoms with E-state index in [0.717, 1.165) is 29.7 Å². The first kappa shape index (κ1) is 27.1. The molecular weight excluding hydrogens is 581 g/mol. The van der Waals surface area contributed by atoms with Crippen LogP contribution in [-0.2, 0) is 23.5 Å². The van der Waals surface area contributed by atoms with Crippen molar-refractivity contribution in [2.45, 2.75) is 55.6 Å². The zero-order valence-electron chi connectivity index (χ0n) is 22.7. The molecule has 0 saturated heterocycles. The van der Waals surface area contributed by atoms with Crippen LogP contribution in [0.4, 0.5) is 4.39 Å². The van der Waals surface area contributed by atoms with E-state index in [9.17, 15) is 17.6 Å². The molecule has 216 valence electrons. The third-order valence-electron chi connectivity index (χ3n) is 8.49. The van der Waals surface area contributed by atoms with Crippen LogP contribution in [0.25, 0.3) is 11.8 Å². The molecule has 0 amide bonds. The fourth-order valence-electron chi connectivity index (χ4n) is 6.43. The monoisotopic (exact) mass is 607 g/mol. The van der Waals surface area contributed by atoms with Crippen LogP contribution in [0.15, 0.2) is 65.6 Å². The number of benzene rings is 1. The van der Waals surface area contributed by atoms with Crippen molar-refractivity contribution in [2.75, 3.05) is 0 Å². The van der Waals surface area contributed by atoms with Gasteiger partial charge in [-0.2, -0.15) is 9.40 Å². The average Bonchev–Trinajstić information content (AvgIpc) is 3.55. The summed E-state index contributed by atoms with van der Waals surface area (Å²) in [6.07, 6.45) is 9.79. The number of Topliss-reactive ketones (excluding diaryl/α,β-unsaturated/α-hetero) is 1. The van der Waals surface area contributed by atoms with Gasteiger partial charge >= 0.3 is 0 Å². The van der Waals surface area contributed by atoms with Crippen molar-refractivity contribution in [3.8, 4) is 5.69 Å². The van der Waals surface area contributed by atoms with Crippen molar-refractivity contribution in [1.82, 2.24) is 34.1 Å². The van der Waals surface area contributed by atoms with Gasteiger partial charge in [0, 0.05) is 30.4 Å². The molecule has 0 radical (unpaired) electrons. The van der Waals surface area contributed by atoms with Crippen molar-refractivity contribution < 1.29 is 17.6 Å². The lowest BCUT2D eigenvalue weighted by Gasteiger charge is -2.46. The summed E-state index contributed by atoms with van der Waals surface area (Å²) >= 11 is 6.27. The van der Waals surface area contributed by atoms with Gasteiger partial charge in [-0.05, 0) is 86.6 Å². The normalized spacial score (nSPS) is 22.0. The Morgan fingerprint density at radius 2 is 1.93 bits per heavy atom. The Bertz CT molecular complexity index is 1850. The number of carbonyl (C=O) groups excluding carboxylic acids is 1. The third kappa shape index (κ3) is 4.48. The number of carbonyl (C=O) groups is 1. The highest BCUT2D eigenvalue weighted by atomic mass is 35.5. The fourth-order valence-corrected chi connectivity index (χ4v) is 8.41. The summed E-state index contributed by atoms with van der Waals surface area (Å²) in [6, 6.07) is 8.68. The maximum atomic E-state index is 14.5. The molecule has 3 aromatic heterocycles. The van der Waals surface area contributed by atoms with Gasteiger partial charge in [0.1, 0.15) is 11.5 Å². The van der Waals surface area contributed by atoms with Gasteiger partial charge < -0.3 is 0 Å². The number of hydrogen-bond acceptors (Lipinski definition) is 7.